The Balaban J connectivity index is 1.90. The summed E-state index contributed by atoms with van der Waals surface area (Å²) in [6, 6.07) is 6.52. The molecule has 1 fully saturated rings. The van der Waals surface area contributed by atoms with E-state index in [1.807, 2.05) is 13.8 Å². The van der Waals surface area contributed by atoms with Crippen molar-refractivity contribution in [3.05, 3.63) is 34.9 Å². The Labute approximate surface area is 152 Å². The molecule has 2 atom stereocenters. The molecule has 1 saturated heterocycles. The number of sulfone groups is 1. The van der Waals surface area contributed by atoms with Crippen LogP contribution in [0.1, 0.15) is 31.7 Å². The Kier molecular flexibility index (Phi) is 6.46. The summed E-state index contributed by atoms with van der Waals surface area (Å²) < 4.78 is 27.9. The average molecular weight is 388 g/mol. The molecule has 1 heterocycles. The molecular weight excluding hydrogens is 366 g/mol. The minimum absolute atomic E-state index is 0.0169. The van der Waals surface area contributed by atoms with Gasteiger partial charge in [0.15, 0.2) is 16.4 Å². The molecule has 25 heavy (non-hydrogen) atoms. The molecule has 0 bridgehead atoms. The number of carbonyl (C=O) groups excluding carboxylic acids is 2. The van der Waals surface area contributed by atoms with E-state index in [9.17, 15) is 18.0 Å². The van der Waals surface area contributed by atoms with Crippen molar-refractivity contribution in [3.63, 3.8) is 0 Å². The van der Waals surface area contributed by atoms with Crippen LogP contribution in [0.3, 0.4) is 0 Å². The normalized spacial score (nSPS) is 20.2. The third kappa shape index (κ3) is 5.71. The minimum atomic E-state index is -3.07. The van der Waals surface area contributed by atoms with Crippen molar-refractivity contribution in [2.24, 2.45) is 5.92 Å². The van der Waals surface area contributed by atoms with Crippen LogP contribution in [-0.2, 0) is 24.2 Å². The van der Waals surface area contributed by atoms with Gasteiger partial charge in [-0.1, -0.05) is 37.6 Å². The fraction of sp³-hybridized carbons (Fsp3) is 0.529. The van der Waals surface area contributed by atoms with E-state index in [0.29, 0.717) is 11.4 Å². The molecule has 1 aromatic carbocycles. The molecule has 0 saturated carbocycles. The van der Waals surface area contributed by atoms with Crippen LogP contribution in [0.15, 0.2) is 24.3 Å². The molecule has 0 spiro atoms. The van der Waals surface area contributed by atoms with Crippen LogP contribution in [0.4, 0.5) is 0 Å². The lowest BCUT2D eigenvalue weighted by atomic mass is 9.88. The van der Waals surface area contributed by atoms with Crippen molar-refractivity contribution >= 4 is 33.3 Å². The molecule has 0 radical (unpaired) electrons. The third-order valence-electron chi connectivity index (χ3n) is 4.09. The SMILES string of the molecule is CC(C)[C@@H](C(=O)OCC(=O)N[C@H]1CCS(=O)(=O)C1)c1ccc(Cl)cc1. The van der Waals surface area contributed by atoms with Gasteiger partial charge in [0.1, 0.15) is 0 Å². The van der Waals surface area contributed by atoms with Crippen LogP contribution < -0.4 is 5.32 Å². The number of hydrogen-bond donors (Lipinski definition) is 1. The second-order valence-corrected chi connectivity index (χ2v) is 9.21. The highest BCUT2D eigenvalue weighted by atomic mass is 35.5. The van der Waals surface area contributed by atoms with Crippen molar-refractivity contribution in [3.8, 4) is 0 Å². The molecule has 0 unspecified atom stereocenters. The maximum Gasteiger partial charge on any atom is 0.314 e. The molecule has 1 aromatic rings. The van der Waals surface area contributed by atoms with Gasteiger partial charge in [-0.3, -0.25) is 9.59 Å². The van der Waals surface area contributed by atoms with Gasteiger partial charge in [-0.15, -0.1) is 0 Å². The Bertz CT molecular complexity index is 730. The van der Waals surface area contributed by atoms with Crippen LogP contribution in [-0.4, -0.2) is 44.4 Å². The summed E-state index contributed by atoms with van der Waals surface area (Å²) in [5.74, 6) is -1.50. The highest BCUT2D eigenvalue weighted by molar-refractivity contribution is 7.91. The Morgan fingerprint density at radius 3 is 2.44 bits per heavy atom. The zero-order valence-corrected chi connectivity index (χ0v) is 15.8. The van der Waals surface area contributed by atoms with Crippen LogP contribution in [0.2, 0.25) is 5.02 Å². The van der Waals surface area contributed by atoms with E-state index < -0.39 is 40.3 Å². The first-order valence-corrected chi connectivity index (χ1v) is 10.3. The highest BCUT2D eigenvalue weighted by Gasteiger charge is 2.30. The molecule has 0 aliphatic carbocycles. The van der Waals surface area contributed by atoms with Crippen molar-refractivity contribution in [1.29, 1.82) is 0 Å². The quantitative estimate of drug-likeness (QED) is 0.753. The number of esters is 1. The number of ether oxygens (including phenoxy) is 1. The summed E-state index contributed by atoms with van der Waals surface area (Å²) in [4.78, 5) is 24.3. The van der Waals surface area contributed by atoms with Gasteiger partial charge in [0.05, 0.1) is 17.4 Å². The lowest BCUT2D eigenvalue weighted by molar-refractivity contribution is -0.151. The van der Waals surface area contributed by atoms with Gasteiger partial charge < -0.3 is 10.1 Å². The standard InChI is InChI=1S/C17H22ClNO5S/c1-11(2)16(12-3-5-13(18)6-4-12)17(21)24-9-15(20)19-14-7-8-25(22,23)10-14/h3-6,11,14,16H,7-10H2,1-2H3,(H,19,20)/t14-,16+/m0/s1. The smallest absolute Gasteiger partial charge is 0.314 e. The second kappa shape index (κ2) is 8.19. The van der Waals surface area contributed by atoms with Crippen LogP contribution >= 0.6 is 11.6 Å². The van der Waals surface area contributed by atoms with E-state index in [0.717, 1.165) is 5.56 Å². The largest absolute Gasteiger partial charge is 0.455 e. The average Bonchev–Trinajstić information content (AvgIpc) is 2.86. The van der Waals surface area contributed by atoms with Gasteiger partial charge in [0, 0.05) is 11.1 Å². The third-order valence-corrected chi connectivity index (χ3v) is 6.11. The number of benzene rings is 1. The summed E-state index contributed by atoms with van der Waals surface area (Å²) in [6.45, 7) is 3.36. The van der Waals surface area contributed by atoms with Crippen molar-refractivity contribution in [2.45, 2.75) is 32.2 Å². The second-order valence-electron chi connectivity index (χ2n) is 6.55. The van der Waals surface area contributed by atoms with Gasteiger partial charge >= 0.3 is 5.97 Å². The molecule has 138 valence electrons. The molecule has 1 aliphatic rings. The molecule has 1 N–H and O–H groups in total. The lowest BCUT2D eigenvalue weighted by Gasteiger charge is -2.20. The highest BCUT2D eigenvalue weighted by Crippen LogP contribution is 2.27. The Morgan fingerprint density at radius 1 is 1.28 bits per heavy atom. The zero-order chi connectivity index (χ0) is 18.6. The number of amides is 1. The van der Waals surface area contributed by atoms with Crippen molar-refractivity contribution in [1.82, 2.24) is 5.32 Å². The summed E-state index contributed by atoms with van der Waals surface area (Å²) in [5.41, 5.74) is 0.770. The summed E-state index contributed by atoms with van der Waals surface area (Å²) in [5, 5.41) is 3.17. The number of halogens is 1. The molecule has 0 aromatic heterocycles. The molecule has 2 rings (SSSR count). The maximum atomic E-state index is 12.4. The molecule has 8 heteroatoms. The van der Waals surface area contributed by atoms with E-state index in [4.69, 9.17) is 16.3 Å². The molecule has 1 amide bonds. The van der Waals surface area contributed by atoms with Crippen LogP contribution in [0, 0.1) is 5.92 Å². The van der Waals surface area contributed by atoms with Gasteiger partial charge in [0.25, 0.3) is 5.91 Å². The van der Waals surface area contributed by atoms with Gasteiger partial charge in [0.2, 0.25) is 0 Å². The number of carbonyl (C=O) groups is 2. The first kappa shape index (κ1) is 19.7. The van der Waals surface area contributed by atoms with E-state index in [-0.39, 0.29) is 17.4 Å². The monoisotopic (exact) mass is 387 g/mol. The lowest BCUT2D eigenvalue weighted by Crippen LogP contribution is -2.38. The predicted molar refractivity (Wildman–Crippen MR) is 95.2 cm³/mol. The Morgan fingerprint density at radius 2 is 1.92 bits per heavy atom. The van der Waals surface area contributed by atoms with E-state index in [2.05, 4.69) is 5.32 Å². The number of hydrogen-bond acceptors (Lipinski definition) is 5. The van der Waals surface area contributed by atoms with E-state index >= 15 is 0 Å². The summed E-state index contributed by atoms with van der Waals surface area (Å²) in [6.07, 6.45) is 0.390. The van der Waals surface area contributed by atoms with Crippen LogP contribution in [0.5, 0.6) is 0 Å². The van der Waals surface area contributed by atoms with Crippen molar-refractivity contribution < 1.29 is 22.7 Å². The van der Waals surface area contributed by atoms with Crippen molar-refractivity contribution in [2.75, 3.05) is 18.1 Å². The predicted octanol–water partition coefficient (Wildman–Crippen LogP) is 1.93. The number of nitrogens with one attached hydrogen (secondary N) is 1. The molecule has 6 nitrogen and oxygen atoms in total. The van der Waals surface area contributed by atoms with Gasteiger partial charge in [-0.25, -0.2) is 8.42 Å². The van der Waals surface area contributed by atoms with E-state index in [1.165, 1.54) is 0 Å². The molecular formula is C17H22ClNO5S. The number of rotatable bonds is 6. The summed E-state index contributed by atoms with van der Waals surface area (Å²) in [7, 11) is -3.07. The Hall–Kier alpha value is -1.60. The van der Waals surface area contributed by atoms with Gasteiger partial charge in [-0.2, -0.15) is 0 Å². The van der Waals surface area contributed by atoms with Crippen LogP contribution in [0.25, 0.3) is 0 Å². The van der Waals surface area contributed by atoms with Gasteiger partial charge in [-0.05, 0) is 30.0 Å². The molecule has 1 aliphatic heterocycles. The van der Waals surface area contributed by atoms with E-state index in [1.54, 1.807) is 24.3 Å². The maximum absolute atomic E-state index is 12.4. The zero-order valence-electron chi connectivity index (χ0n) is 14.2. The topological polar surface area (TPSA) is 89.5 Å². The first-order chi connectivity index (χ1) is 11.7. The summed E-state index contributed by atoms with van der Waals surface area (Å²) >= 11 is 5.87. The fourth-order valence-electron chi connectivity index (χ4n) is 2.87. The fourth-order valence-corrected chi connectivity index (χ4v) is 4.67. The minimum Gasteiger partial charge on any atom is -0.455 e. The first-order valence-electron chi connectivity index (χ1n) is 8.10.